The Bertz CT molecular complexity index is 417. The van der Waals surface area contributed by atoms with Crippen molar-refractivity contribution in [1.29, 1.82) is 0 Å². The summed E-state index contributed by atoms with van der Waals surface area (Å²) in [6.07, 6.45) is 7.09. The van der Waals surface area contributed by atoms with E-state index in [1.54, 1.807) is 0 Å². The highest BCUT2D eigenvalue weighted by Crippen LogP contribution is 2.36. The minimum Gasteiger partial charge on any atom is -0.317 e. The Labute approximate surface area is 89.1 Å². The molecule has 0 spiro atoms. The third-order valence-electron chi connectivity index (χ3n) is 3.48. The summed E-state index contributed by atoms with van der Waals surface area (Å²) >= 11 is 0. The lowest BCUT2D eigenvalue weighted by Gasteiger charge is -2.33. The van der Waals surface area contributed by atoms with Gasteiger partial charge < -0.3 is 10.2 Å². The van der Waals surface area contributed by atoms with Crippen molar-refractivity contribution < 1.29 is 4.79 Å². The normalized spacial score (nSPS) is 29.1. The Morgan fingerprint density at radius 2 is 2.33 bits per heavy atom. The monoisotopic (exact) mass is 202 g/mol. The summed E-state index contributed by atoms with van der Waals surface area (Å²) < 4.78 is 0. The summed E-state index contributed by atoms with van der Waals surface area (Å²) in [7, 11) is 1.89. The van der Waals surface area contributed by atoms with Crippen LogP contribution in [0.4, 0.5) is 0 Å². The van der Waals surface area contributed by atoms with Gasteiger partial charge in [0, 0.05) is 25.8 Å². The van der Waals surface area contributed by atoms with E-state index in [0.29, 0.717) is 0 Å². The van der Waals surface area contributed by atoms with Crippen LogP contribution in [0.5, 0.6) is 0 Å². The molecular formula is C12H14N2O. The zero-order valence-corrected chi connectivity index (χ0v) is 8.79. The molecule has 0 bridgehead atoms. The number of rotatable bonds is 0. The number of hydrogen-bond donors (Lipinski definition) is 1. The minimum atomic E-state index is 0.0682. The molecule has 1 N–H and O–H groups in total. The lowest BCUT2D eigenvalue weighted by molar-refractivity contribution is -0.131. The van der Waals surface area contributed by atoms with E-state index in [1.807, 2.05) is 11.9 Å². The van der Waals surface area contributed by atoms with E-state index in [1.165, 1.54) is 11.1 Å². The number of fused-ring (bicyclic) bond motifs is 2. The molecule has 78 valence electrons. The van der Waals surface area contributed by atoms with Crippen molar-refractivity contribution >= 4 is 5.91 Å². The lowest BCUT2D eigenvalue weighted by Crippen LogP contribution is -2.39. The van der Waals surface area contributed by atoms with E-state index in [4.69, 9.17) is 0 Å². The van der Waals surface area contributed by atoms with Crippen molar-refractivity contribution in [2.45, 2.75) is 6.42 Å². The highest BCUT2D eigenvalue weighted by Gasteiger charge is 2.37. The van der Waals surface area contributed by atoms with Crippen LogP contribution in [0, 0.1) is 5.92 Å². The molecule has 0 saturated carbocycles. The fourth-order valence-corrected chi connectivity index (χ4v) is 2.65. The maximum absolute atomic E-state index is 12.1. The van der Waals surface area contributed by atoms with Crippen LogP contribution in [0.15, 0.2) is 35.1 Å². The Hall–Kier alpha value is -1.35. The number of likely N-dealkylation sites (N-methyl/N-ethyl adjacent to an activating group) is 1. The third kappa shape index (κ3) is 1.13. The van der Waals surface area contributed by atoms with Crippen LogP contribution in [-0.2, 0) is 4.79 Å². The Morgan fingerprint density at radius 1 is 1.47 bits per heavy atom. The smallest absolute Gasteiger partial charge is 0.234 e. The second kappa shape index (κ2) is 3.07. The Morgan fingerprint density at radius 3 is 3.20 bits per heavy atom. The average molecular weight is 202 g/mol. The maximum Gasteiger partial charge on any atom is 0.234 e. The fraction of sp³-hybridized carbons (Fsp3) is 0.417. The Kier molecular flexibility index (Phi) is 1.83. The van der Waals surface area contributed by atoms with Gasteiger partial charge in [0.15, 0.2) is 0 Å². The van der Waals surface area contributed by atoms with Crippen molar-refractivity contribution in [2.24, 2.45) is 5.92 Å². The van der Waals surface area contributed by atoms with Crippen LogP contribution in [0.25, 0.3) is 0 Å². The van der Waals surface area contributed by atoms with Gasteiger partial charge >= 0.3 is 0 Å². The standard InChI is InChI=1S/C12H14N2O/c1-14-11-7-13-6-10(11)8-4-2-3-5-9(8)12(14)15/h2-4,9,13H,5-7H2,1H3. The summed E-state index contributed by atoms with van der Waals surface area (Å²) in [6.45, 7) is 1.73. The highest BCUT2D eigenvalue weighted by atomic mass is 16.2. The number of amides is 1. The summed E-state index contributed by atoms with van der Waals surface area (Å²) in [5.74, 6) is 0.312. The third-order valence-corrected chi connectivity index (χ3v) is 3.48. The first-order chi connectivity index (χ1) is 7.29. The van der Waals surface area contributed by atoms with E-state index in [-0.39, 0.29) is 11.8 Å². The SMILES string of the molecule is CN1C(=O)C2CC=CC=C2C2=C1CNC2. The quantitative estimate of drug-likeness (QED) is 0.630. The van der Waals surface area contributed by atoms with E-state index in [9.17, 15) is 4.79 Å². The van der Waals surface area contributed by atoms with E-state index in [2.05, 4.69) is 23.5 Å². The second-order valence-electron chi connectivity index (χ2n) is 4.26. The molecule has 3 aliphatic rings. The number of hydrogen-bond acceptors (Lipinski definition) is 2. The molecule has 15 heavy (non-hydrogen) atoms. The molecule has 2 heterocycles. The average Bonchev–Trinajstić information content (AvgIpc) is 2.75. The molecule has 0 aromatic carbocycles. The van der Waals surface area contributed by atoms with Gasteiger partial charge in [-0.1, -0.05) is 18.2 Å². The summed E-state index contributed by atoms with van der Waals surface area (Å²) in [5.41, 5.74) is 3.74. The number of carbonyl (C=O) groups excluding carboxylic acids is 1. The van der Waals surface area contributed by atoms with Crippen molar-refractivity contribution in [1.82, 2.24) is 10.2 Å². The molecular weight excluding hydrogens is 188 g/mol. The van der Waals surface area contributed by atoms with E-state index < -0.39 is 0 Å². The van der Waals surface area contributed by atoms with Crippen LogP contribution in [0.2, 0.25) is 0 Å². The van der Waals surface area contributed by atoms with Gasteiger partial charge in [-0.2, -0.15) is 0 Å². The molecule has 1 aliphatic carbocycles. The van der Waals surface area contributed by atoms with Crippen molar-refractivity contribution in [3.63, 3.8) is 0 Å². The molecule has 3 rings (SSSR count). The van der Waals surface area contributed by atoms with Crippen molar-refractivity contribution in [2.75, 3.05) is 20.1 Å². The van der Waals surface area contributed by atoms with Gasteiger partial charge in [0.25, 0.3) is 0 Å². The molecule has 0 aromatic heterocycles. The second-order valence-corrected chi connectivity index (χ2v) is 4.26. The van der Waals surface area contributed by atoms with Crippen molar-refractivity contribution in [3.8, 4) is 0 Å². The van der Waals surface area contributed by atoms with Crippen molar-refractivity contribution in [3.05, 3.63) is 35.1 Å². The molecule has 0 fully saturated rings. The number of nitrogens with zero attached hydrogens (tertiary/aromatic N) is 1. The maximum atomic E-state index is 12.1. The van der Waals surface area contributed by atoms with Crippen LogP contribution in [0.3, 0.4) is 0 Å². The van der Waals surface area contributed by atoms with Gasteiger partial charge in [0.1, 0.15) is 0 Å². The number of carbonyl (C=O) groups is 1. The number of allylic oxidation sites excluding steroid dienone is 3. The van der Waals surface area contributed by atoms with Gasteiger partial charge in [-0.3, -0.25) is 4.79 Å². The summed E-state index contributed by atoms with van der Waals surface area (Å²) in [6, 6.07) is 0. The molecule has 0 saturated heterocycles. The van der Waals surface area contributed by atoms with Gasteiger partial charge in [0.2, 0.25) is 5.91 Å². The van der Waals surface area contributed by atoms with Crippen LogP contribution >= 0.6 is 0 Å². The number of nitrogens with one attached hydrogen (secondary N) is 1. The van der Waals surface area contributed by atoms with E-state index >= 15 is 0 Å². The minimum absolute atomic E-state index is 0.0682. The molecule has 0 radical (unpaired) electrons. The predicted molar refractivity (Wildman–Crippen MR) is 58.0 cm³/mol. The molecule has 1 atom stereocenters. The van der Waals surface area contributed by atoms with Crippen LogP contribution in [-0.4, -0.2) is 30.9 Å². The van der Waals surface area contributed by atoms with Crippen LogP contribution in [0.1, 0.15) is 6.42 Å². The predicted octanol–water partition coefficient (Wildman–Crippen LogP) is 0.818. The molecule has 1 unspecified atom stereocenters. The van der Waals surface area contributed by atoms with Gasteiger partial charge in [-0.25, -0.2) is 0 Å². The fourth-order valence-electron chi connectivity index (χ4n) is 2.65. The van der Waals surface area contributed by atoms with Gasteiger partial charge in [-0.05, 0) is 17.6 Å². The summed E-state index contributed by atoms with van der Waals surface area (Å²) in [5, 5.41) is 3.32. The molecule has 3 heteroatoms. The Balaban J connectivity index is 2.14. The van der Waals surface area contributed by atoms with Gasteiger partial charge in [0.05, 0.1) is 5.92 Å². The van der Waals surface area contributed by atoms with Gasteiger partial charge in [-0.15, -0.1) is 0 Å². The molecule has 0 aromatic rings. The first-order valence-corrected chi connectivity index (χ1v) is 5.36. The molecule has 2 aliphatic heterocycles. The summed E-state index contributed by atoms with van der Waals surface area (Å²) in [4.78, 5) is 13.9. The zero-order valence-electron chi connectivity index (χ0n) is 8.79. The topological polar surface area (TPSA) is 32.3 Å². The first-order valence-electron chi connectivity index (χ1n) is 5.36. The highest BCUT2D eigenvalue weighted by molar-refractivity contribution is 5.88. The lowest BCUT2D eigenvalue weighted by atomic mass is 9.82. The zero-order chi connectivity index (χ0) is 10.4. The largest absolute Gasteiger partial charge is 0.317 e. The van der Waals surface area contributed by atoms with E-state index in [0.717, 1.165) is 25.2 Å². The first kappa shape index (κ1) is 8.92. The van der Waals surface area contributed by atoms with Crippen LogP contribution < -0.4 is 5.32 Å². The molecule has 1 amide bonds. The molecule has 3 nitrogen and oxygen atoms in total.